The molecule has 0 bridgehead atoms. The molecule has 0 aliphatic heterocycles. The van der Waals surface area contributed by atoms with Crippen molar-refractivity contribution in [2.24, 2.45) is 16.7 Å². The van der Waals surface area contributed by atoms with Crippen LogP contribution in [0.5, 0.6) is 0 Å². The Morgan fingerprint density at radius 2 is 1.20 bits per heavy atom. The monoisotopic (exact) mass is 384 g/mol. The van der Waals surface area contributed by atoms with E-state index in [0.717, 1.165) is 20.8 Å². The van der Waals surface area contributed by atoms with Crippen LogP contribution in [0.1, 0.15) is 54.4 Å². The van der Waals surface area contributed by atoms with E-state index in [-0.39, 0.29) is 0 Å². The van der Waals surface area contributed by atoms with Crippen molar-refractivity contribution in [3.8, 4) is 0 Å². The first kappa shape index (κ1) is 22.4. The Bertz CT molecular complexity index is 514. The summed E-state index contributed by atoms with van der Waals surface area (Å²) in [5.41, 5.74) is -13.4. The van der Waals surface area contributed by atoms with Gasteiger partial charge in [0.1, 0.15) is 0 Å². The van der Waals surface area contributed by atoms with Crippen molar-refractivity contribution in [1.29, 1.82) is 0 Å². The van der Waals surface area contributed by atoms with Crippen molar-refractivity contribution in [1.82, 2.24) is 0 Å². The summed E-state index contributed by atoms with van der Waals surface area (Å²) >= 11 is 0. The minimum absolute atomic E-state index is 0.762. The molecule has 3 unspecified atom stereocenters. The Morgan fingerprint density at radius 3 is 1.48 bits per heavy atom. The van der Waals surface area contributed by atoms with Crippen LogP contribution in [0.3, 0.4) is 0 Å². The van der Waals surface area contributed by atoms with E-state index >= 15 is 4.39 Å². The van der Waals surface area contributed by atoms with E-state index in [9.17, 15) is 35.8 Å². The van der Waals surface area contributed by atoms with Gasteiger partial charge in [-0.2, -0.15) is 22.0 Å². The van der Waals surface area contributed by atoms with Gasteiger partial charge in [-0.3, -0.25) is 0 Å². The smallest absolute Gasteiger partial charge is 0.376 e. The Kier molecular flexibility index (Phi) is 4.90. The zero-order chi connectivity index (χ0) is 20.5. The van der Waals surface area contributed by atoms with Crippen LogP contribution in [0.2, 0.25) is 0 Å². The maximum atomic E-state index is 15.3. The lowest BCUT2D eigenvalue weighted by Crippen LogP contribution is -2.77. The van der Waals surface area contributed by atoms with Gasteiger partial charge in [-0.15, -0.1) is 0 Å². The van der Waals surface area contributed by atoms with Gasteiger partial charge in [0.25, 0.3) is 5.92 Å². The molecule has 1 fully saturated rings. The third kappa shape index (κ3) is 2.94. The SMILES string of the molecule is CC(C)(C)C1CC(O)(C(F)(F)F)C(F)(F)C(F)(C(F)(F)C(C)(C)C)C1. The molecule has 150 valence electrons. The number of hydrogen-bond acceptors (Lipinski definition) is 1. The summed E-state index contributed by atoms with van der Waals surface area (Å²) in [5, 5.41) is 9.79. The van der Waals surface area contributed by atoms with Crippen LogP contribution >= 0.6 is 0 Å². The molecule has 0 aromatic rings. The molecular formula is C16H24F8O. The summed E-state index contributed by atoms with van der Waals surface area (Å²) < 4.78 is 114. The van der Waals surface area contributed by atoms with E-state index in [0.29, 0.717) is 0 Å². The molecular weight excluding hydrogens is 360 g/mol. The molecule has 1 rings (SSSR count). The molecule has 3 atom stereocenters. The van der Waals surface area contributed by atoms with Crippen molar-refractivity contribution < 1.29 is 40.2 Å². The molecule has 0 aromatic carbocycles. The maximum absolute atomic E-state index is 15.3. The highest BCUT2D eigenvalue weighted by molar-refractivity contribution is 5.21. The molecule has 0 amide bonds. The zero-order valence-corrected chi connectivity index (χ0v) is 15.0. The van der Waals surface area contributed by atoms with Crippen LogP contribution in [-0.4, -0.2) is 34.4 Å². The third-order valence-electron chi connectivity index (χ3n) is 5.22. The molecule has 0 heterocycles. The van der Waals surface area contributed by atoms with Crippen LogP contribution in [0.25, 0.3) is 0 Å². The summed E-state index contributed by atoms with van der Waals surface area (Å²) in [5.74, 6) is -12.1. The number of alkyl halides is 8. The fraction of sp³-hybridized carbons (Fsp3) is 1.00. The Hall–Kier alpha value is -0.600. The molecule has 1 saturated carbocycles. The lowest BCUT2D eigenvalue weighted by Gasteiger charge is -2.56. The van der Waals surface area contributed by atoms with Crippen molar-refractivity contribution in [3.63, 3.8) is 0 Å². The molecule has 1 aliphatic carbocycles. The van der Waals surface area contributed by atoms with Crippen LogP contribution in [-0.2, 0) is 0 Å². The molecule has 9 heteroatoms. The number of halogens is 8. The summed E-state index contributed by atoms with van der Waals surface area (Å²) in [7, 11) is 0. The Balaban J connectivity index is 3.76. The normalized spacial score (nSPS) is 34.9. The molecule has 25 heavy (non-hydrogen) atoms. The largest absolute Gasteiger partial charge is 0.423 e. The fourth-order valence-corrected chi connectivity index (χ4v) is 3.18. The van der Waals surface area contributed by atoms with Gasteiger partial charge < -0.3 is 5.11 Å². The van der Waals surface area contributed by atoms with Crippen LogP contribution in [0, 0.1) is 16.7 Å². The fourth-order valence-electron chi connectivity index (χ4n) is 3.18. The van der Waals surface area contributed by atoms with Gasteiger partial charge in [0.05, 0.1) is 0 Å². The minimum atomic E-state index is -5.98. The van der Waals surface area contributed by atoms with Crippen molar-refractivity contribution in [2.45, 2.75) is 83.7 Å². The van der Waals surface area contributed by atoms with Gasteiger partial charge in [-0.25, -0.2) is 13.2 Å². The van der Waals surface area contributed by atoms with E-state index in [1.807, 2.05) is 0 Å². The first-order valence-electron chi connectivity index (χ1n) is 7.80. The van der Waals surface area contributed by atoms with Gasteiger partial charge in [0.15, 0.2) is 0 Å². The Labute approximate surface area is 141 Å². The second-order valence-electron chi connectivity index (χ2n) is 9.03. The number of aliphatic hydroxyl groups is 1. The lowest BCUT2D eigenvalue weighted by atomic mass is 9.57. The standard InChI is InChI=1S/C16H24F8O/c1-10(2,3)9-7-12(17,14(18,19)11(4,5)6)15(20,21)13(25,8-9)16(22,23)24/h9,25H,7-8H2,1-6H3. The third-order valence-corrected chi connectivity index (χ3v) is 5.22. The summed E-state index contributed by atoms with van der Waals surface area (Å²) in [6.07, 6.45) is -9.03. The quantitative estimate of drug-likeness (QED) is 0.570. The average Bonchev–Trinajstić information content (AvgIpc) is 2.31. The topological polar surface area (TPSA) is 20.2 Å². The summed E-state index contributed by atoms with van der Waals surface area (Å²) in [6, 6.07) is 0. The average molecular weight is 384 g/mol. The Morgan fingerprint density at radius 1 is 0.800 bits per heavy atom. The lowest BCUT2D eigenvalue weighted by molar-refractivity contribution is -0.411. The van der Waals surface area contributed by atoms with Crippen LogP contribution < -0.4 is 0 Å². The molecule has 0 saturated heterocycles. The van der Waals surface area contributed by atoms with Crippen LogP contribution in [0.4, 0.5) is 35.1 Å². The molecule has 0 spiro atoms. The van der Waals surface area contributed by atoms with Gasteiger partial charge in [0.2, 0.25) is 11.3 Å². The summed E-state index contributed by atoms with van der Waals surface area (Å²) in [6.45, 7) is 6.27. The highest BCUT2D eigenvalue weighted by Gasteiger charge is 2.86. The van der Waals surface area contributed by atoms with Gasteiger partial charge in [-0.1, -0.05) is 41.5 Å². The van der Waals surface area contributed by atoms with Gasteiger partial charge >= 0.3 is 12.1 Å². The summed E-state index contributed by atoms with van der Waals surface area (Å²) in [4.78, 5) is 0. The van der Waals surface area contributed by atoms with E-state index < -0.39 is 58.9 Å². The highest BCUT2D eigenvalue weighted by Crippen LogP contribution is 2.66. The molecule has 1 nitrogen and oxygen atoms in total. The maximum Gasteiger partial charge on any atom is 0.423 e. The van der Waals surface area contributed by atoms with E-state index in [1.54, 1.807) is 0 Å². The van der Waals surface area contributed by atoms with Gasteiger partial charge in [-0.05, 0) is 24.2 Å². The van der Waals surface area contributed by atoms with Crippen molar-refractivity contribution in [2.75, 3.05) is 0 Å². The molecule has 0 radical (unpaired) electrons. The predicted octanol–water partition coefficient (Wildman–Crippen LogP) is 5.76. The molecule has 0 aromatic heterocycles. The minimum Gasteiger partial charge on any atom is -0.376 e. The van der Waals surface area contributed by atoms with Crippen LogP contribution in [0.15, 0.2) is 0 Å². The first-order chi connectivity index (χ1) is 10.6. The van der Waals surface area contributed by atoms with Crippen molar-refractivity contribution >= 4 is 0 Å². The van der Waals surface area contributed by atoms with Gasteiger partial charge in [0, 0.05) is 5.41 Å². The van der Waals surface area contributed by atoms with E-state index in [4.69, 9.17) is 0 Å². The second kappa shape index (κ2) is 5.45. The molecule has 1 N–H and O–H groups in total. The van der Waals surface area contributed by atoms with E-state index in [1.165, 1.54) is 20.8 Å². The van der Waals surface area contributed by atoms with E-state index in [2.05, 4.69) is 0 Å². The molecule has 1 aliphatic rings. The number of hydrogen-bond donors (Lipinski definition) is 1. The number of rotatable bonds is 1. The van der Waals surface area contributed by atoms with Crippen molar-refractivity contribution in [3.05, 3.63) is 0 Å². The first-order valence-corrected chi connectivity index (χ1v) is 7.80. The zero-order valence-electron chi connectivity index (χ0n) is 15.0. The highest BCUT2D eigenvalue weighted by atomic mass is 19.4. The predicted molar refractivity (Wildman–Crippen MR) is 76.4 cm³/mol. The second-order valence-corrected chi connectivity index (χ2v) is 9.03.